The van der Waals surface area contributed by atoms with Gasteiger partial charge in [-0.2, -0.15) is 0 Å². The Morgan fingerprint density at radius 1 is 1.38 bits per heavy atom. The van der Waals surface area contributed by atoms with Gasteiger partial charge in [-0.25, -0.2) is 0 Å². The van der Waals surface area contributed by atoms with Crippen LogP contribution in [0, 0.1) is 0 Å². The molecule has 1 fully saturated rings. The molecule has 0 aromatic heterocycles. The van der Waals surface area contributed by atoms with Crippen molar-refractivity contribution in [2.75, 3.05) is 27.2 Å². The average molecular weight is 334 g/mol. The van der Waals surface area contributed by atoms with Crippen LogP contribution in [0.1, 0.15) is 50.2 Å². The van der Waals surface area contributed by atoms with Gasteiger partial charge in [-0.15, -0.1) is 0 Å². The topological polar surface area (TPSA) is 61.8 Å². The highest BCUT2D eigenvalue weighted by atomic mass is 16.5. The van der Waals surface area contributed by atoms with Gasteiger partial charge in [-0.3, -0.25) is 4.79 Å². The van der Waals surface area contributed by atoms with Gasteiger partial charge >= 0.3 is 0 Å². The second-order valence-electron chi connectivity index (χ2n) is 6.60. The van der Waals surface area contributed by atoms with E-state index in [1.165, 1.54) is 32.1 Å². The third kappa shape index (κ3) is 5.49. The summed E-state index contributed by atoms with van der Waals surface area (Å²) in [6.45, 7) is 1.55. The molecule has 0 spiro atoms. The largest absolute Gasteiger partial charge is 0.497 e. The van der Waals surface area contributed by atoms with Crippen LogP contribution in [0.5, 0.6) is 5.75 Å². The average Bonchev–Trinajstić information content (AvgIpc) is 2.65. The Hall–Kier alpha value is -1.59. The monoisotopic (exact) mass is 334 g/mol. The van der Waals surface area contributed by atoms with Crippen molar-refractivity contribution in [3.05, 3.63) is 29.8 Å². The summed E-state index contributed by atoms with van der Waals surface area (Å²) < 4.78 is 5.12. The zero-order valence-electron chi connectivity index (χ0n) is 14.8. The number of nitrogens with zero attached hydrogens (tertiary/aromatic N) is 1. The quantitative estimate of drug-likeness (QED) is 0.717. The standard InChI is InChI=1S/C19H30N2O3/c1-21(16-9-4-3-5-10-16)13-7-12-20-19(23)18(22)15-8-6-11-17(14-15)24-2/h6,8,11,14,16,18,22H,3-5,7,9-10,12-13H2,1-2H3,(H,20,23). The van der Waals surface area contributed by atoms with E-state index in [1.54, 1.807) is 31.4 Å². The molecule has 2 rings (SSSR count). The van der Waals surface area contributed by atoms with Crippen LogP contribution in [-0.4, -0.2) is 49.2 Å². The number of carbonyl (C=O) groups is 1. The summed E-state index contributed by atoms with van der Waals surface area (Å²) in [5, 5.41) is 13.0. The van der Waals surface area contributed by atoms with Crippen LogP contribution in [0.25, 0.3) is 0 Å². The highest BCUT2D eigenvalue weighted by Crippen LogP contribution is 2.21. The van der Waals surface area contributed by atoms with Gasteiger partial charge in [0.25, 0.3) is 5.91 Å². The molecule has 1 saturated carbocycles. The van der Waals surface area contributed by atoms with Crippen LogP contribution in [0.15, 0.2) is 24.3 Å². The highest BCUT2D eigenvalue weighted by molar-refractivity contribution is 5.81. The second-order valence-corrected chi connectivity index (χ2v) is 6.60. The third-order valence-corrected chi connectivity index (χ3v) is 4.84. The molecule has 1 aromatic carbocycles. The van der Waals surface area contributed by atoms with Crippen molar-refractivity contribution in [3.8, 4) is 5.75 Å². The molecule has 1 amide bonds. The first-order valence-corrected chi connectivity index (χ1v) is 8.92. The molecular formula is C19H30N2O3. The maximum Gasteiger partial charge on any atom is 0.253 e. The molecule has 0 radical (unpaired) electrons. The lowest BCUT2D eigenvalue weighted by molar-refractivity contribution is -0.129. The number of nitrogens with one attached hydrogen (secondary N) is 1. The number of amides is 1. The van der Waals surface area contributed by atoms with Gasteiger partial charge < -0.3 is 20.1 Å². The summed E-state index contributed by atoms with van der Waals surface area (Å²) in [7, 11) is 3.73. The molecule has 24 heavy (non-hydrogen) atoms. The van der Waals surface area contributed by atoms with Crippen LogP contribution < -0.4 is 10.1 Å². The third-order valence-electron chi connectivity index (χ3n) is 4.84. The zero-order valence-corrected chi connectivity index (χ0v) is 14.8. The van der Waals surface area contributed by atoms with Crippen LogP contribution >= 0.6 is 0 Å². The van der Waals surface area contributed by atoms with Gasteiger partial charge in [-0.05, 0) is 50.6 Å². The van der Waals surface area contributed by atoms with Crippen molar-refractivity contribution in [1.82, 2.24) is 10.2 Å². The van der Waals surface area contributed by atoms with Gasteiger partial charge in [0.1, 0.15) is 5.75 Å². The summed E-state index contributed by atoms with van der Waals surface area (Å²) in [5.74, 6) is 0.275. The van der Waals surface area contributed by atoms with Crippen molar-refractivity contribution in [1.29, 1.82) is 0 Å². The minimum Gasteiger partial charge on any atom is -0.497 e. The molecule has 1 aromatic rings. The summed E-state index contributed by atoms with van der Waals surface area (Å²) >= 11 is 0. The summed E-state index contributed by atoms with van der Waals surface area (Å²) in [5.41, 5.74) is 0.547. The number of hydrogen-bond acceptors (Lipinski definition) is 4. The molecule has 1 unspecified atom stereocenters. The van der Waals surface area contributed by atoms with Crippen molar-refractivity contribution >= 4 is 5.91 Å². The van der Waals surface area contributed by atoms with Gasteiger partial charge in [-0.1, -0.05) is 31.4 Å². The van der Waals surface area contributed by atoms with Crippen molar-refractivity contribution in [2.24, 2.45) is 0 Å². The van der Waals surface area contributed by atoms with Crippen molar-refractivity contribution in [2.45, 2.75) is 50.7 Å². The Kier molecular flexibility index (Phi) is 7.53. The molecule has 5 nitrogen and oxygen atoms in total. The summed E-state index contributed by atoms with van der Waals surface area (Å²) in [6.07, 6.45) is 6.34. The SMILES string of the molecule is COc1cccc(C(O)C(=O)NCCCN(C)C2CCCCC2)c1. The molecule has 5 heteroatoms. The Morgan fingerprint density at radius 2 is 2.12 bits per heavy atom. The van der Waals surface area contributed by atoms with E-state index in [2.05, 4.69) is 17.3 Å². The lowest BCUT2D eigenvalue weighted by Crippen LogP contribution is -2.36. The number of hydrogen-bond donors (Lipinski definition) is 2. The highest BCUT2D eigenvalue weighted by Gasteiger charge is 2.19. The van der Waals surface area contributed by atoms with E-state index in [1.807, 2.05) is 0 Å². The van der Waals surface area contributed by atoms with E-state index in [-0.39, 0.29) is 5.91 Å². The van der Waals surface area contributed by atoms with E-state index in [4.69, 9.17) is 4.74 Å². The first kappa shape index (κ1) is 18.7. The van der Waals surface area contributed by atoms with E-state index in [0.29, 0.717) is 23.9 Å². The molecule has 1 atom stereocenters. The molecule has 134 valence electrons. The first-order chi connectivity index (χ1) is 11.6. The number of aliphatic hydroxyl groups is 1. The molecule has 0 aliphatic heterocycles. The maximum absolute atomic E-state index is 12.1. The fraction of sp³-hybridized carbons (Fsp3) is 0.632. The van der Waals surface area contributed by atoms with E-state index in [9.17, 15) is 9.90 Å². The predicted octanol–water partition coefficient (Wildman–Crippen LogP) is 2.50. The number of benzene rings is 1. The van der Waals surface area contributed by atoms with Gasteiger partial charge in [0, 0.05) is 12.6 Å². The number of rotatable bonds is 8. The second kappa shape index (κ2) is 9.64. The van der Waals surface area contributed by atoms with Gasteiger partial charge in [0.05, 0.1) is 7.11 Å². The Labute approximate surface area is 145 Å². The van der Waals surface area contributed by atoms with Crippen molar-refractivity contribution in [3.63, 3.8) is 0 Å². The van der Waals surface area contributed by atoms with Crippen LogP contribution in [0.2, 0.25) is 0 Å². The van der Waals surface area contributed by atoms with Gasteiger partial charge in [0.2, 0.25) is 0 Å². The van der Waals surface area contributed by atoms with E-state index in [0.717, 1.165) is 13.0 Å². The summed E-state index contributed by atoms with van der Waals surface area (Å²) in [6, 6.07) is 7.65. The van der Waals surface area contributed by atoms with Crippen LogP contribution in [0.3, 0.4) is 0 Å². The zero-order chi connectivity index (χ0) is 17.4. The Bertz CT molecular complexity index is 515. The molecule has 0 bridgehead atoms. The fourth-order valence-electron chi connectivity index (χ4n) is 3.30. The Balaban J connectivity index is 1.70. The lowest BCUT2D eigenvalue weighted by atomic mass is 9.94. The smallest absolute Gasteiger partial charge is 0.253 e. The molecular weight excluding hydrogens is 304 g/mol. The molecule has 1 aliphatic rings. The first-order valence-electron chi connectivity index (χ1n) is 8.92. The maximum atomic E-state index is 12.1. The lowest BCUT2D eigenvalue weighted by Gasteiger charge is -2.31. The molecule has 0 heterocycles. The van der Waals surface area contributed by atoms with E-state index >= 15 is 0 Å². The number of carbonyl (C=O) groups excluding carboxylic acids is 1. The van der Waals surface area contributed by atoms with Crippen LogP contribution in [0.4, 0.5) is 0 Å². The minimum atomic E-state index is -1.16. The molecule has 2 N–H and O–H groups in total. The van der Waals surface area contributed by atoms with E-state index < -0.39 is 6.10 Å². The predicted molar refractivity (Wildman–Crippen MR) is 95.1 cm³/mol. The Morgan fingerprint density at radius 3 is 2.83 bits per heavy atom. The van der Waals surface area contributed by atoms with Crippen LogP contribution in [-0.2, 0) is 4.79 Å². The number of ether oxygens (including phenoxy) is 1. The number of aliphatic hydroxyl groups excluding tert-OH is 1. The minimum absolute atomic E-state index is 0.358. The number of methoxy groups -OCH3 is 1. The summed E-state index contributed by atoms with van der Waals surface area (Å²) in [4.78, 5) is 14.5. The molecule has 1 aliphatic carbocycles. The van der Waals surface area contributed by atoms with Gasteiger partial charge in [0.15, 0.2) is 6.10 Å². The normalized spacial score (nSPS) is 16.8. The molecule has 0 saturated heterocycles. The fourth-order valence-corrected chi connectivity index (χ4v) is 3.30. The van der Waals surface area contributed by atoms with Crippen molar-refractivity contribution < 1.29 is 14.6 Å².